The van der Waals surface area contributed by atoms with Crippen LogP contribution in [-0.2, 0) is 0 Å². The Bertz CT molecular complexity index is 617. The molecule has 0 spiro atoms. The molecule has 2 rings (SSSR count). The highest BCUT2D eigenvalue weighted by Crippen LogP contribution is 2.20. The Balaban J connectivity index is 2.15. The van der Waals surface area contributed by atoms with Gasteiger partial charge < -0.3 is 4.74 Å². The fourth-order valence-electron chi connectivity index (χ4n) is 1.90. The summed E-state index contributed by atoms with van der Waals surface area (Å²) < 4.78 is 19.1. The van der Waals surface area contributed by atoms with Gasteiger partial charge in [-0.1, -0.05) is 35.9 Å². The maximum Gasteiger partial charge on any atom is 0.202 e. The Morgan fingerprint density at radius 3 is 2.30 bits per heavy atom. The molecular weight excluding hydrogens is 255 g/mol. The summed E-state index contributed by atoms with van der Waals surface area (Å²) in [5.74, 6) is -0.511. The van der Waals surface area contributed by atoms with Crippen molar-refractivity contribution < 1.29 is 13.9 Å². The summed E-state index contributed by atoms with van der Waals surface area (Å²) in [5, 5.41) is 0. The van der Waals surface area contributed by atoms with Crippen molar-refractivity contribution in [1.29, 1.82) is 0 Å². The number of halogens is 1. The zero-order valence-corrected chi connectivity index (χ0v) is 11.8. The molecule has 0 aliphatic heterocycles. The minimum absolute atomic E-state index is 0.109. The minimum atomic E-state index is -0.728. The second-order valence-corrected chi connectivity index (χ2v) is 4.92. The molecule has 0 heterocycles. The first-order chi connectivity index (χ1) is 9.47. The fourth-order valence-corrected chi connectivity index (χ4v) is 1.90. The molecule has 1 atom stereocenters. The molecule has 20 heavy (non-hydrogen) atoms. The smallest absolute Gasteiger partial charge is 0.202 e. The Morgan fingerprint density at radius 2 is 1.65 bits per heavy atom. The molecule has 2 aromatic carbocycles. The highest BCUT2D eigenvalue weighted by molar-refractivity contribution is 5.99. The monoisotopic (exact) mass is 272 g/mol. The predicted molar refractivity (Wildman–Crippen MR) is 76.7 cm³/mol. The van der Waals surface area contributed by atoms with E-state index in [0.29, 0.717) is 5.56 Å². The molecule has 104 valence electrons. The number of benzene rings is 2. The zero-order valence-electron chi connectivity index (χ0n) is 11.8. The van der Waals surface area contributed by atoms with Crippen LogP contribution in [0, 0.1) is 19.7 Å². The van der Waals surface area contributed by atoms with Crippen LogP contribution in [0.1, 0.15) is 28.4 Å². The summed E-state index contributed by atoms with van der Waals surface area (Å²) in [5.41, 5.74) is 2.53. The first-order valence-electron chi connectivity index (χ1n) is 6.51. The van der Waals surface area contributed by atoms with Crippen molar-refractivity contribution in [2.75, 3.05) is 0 Å². The number of carbonyl (C=O) groups excluding carboxylic acids is 1. The Morgan fingerprint density at radius 1 is 1.05 bits per heavy atom. The van der Waals surface area contributed by atoms with E-state index < -0.39 is 11.9 Å². The number of ketones is 1. The van der Waals surface area contributed by atoms with Gasteiger partial charge in [-0.05, 0) is 38.5 Å². The molecule has 0 aromatic heterocycles. The van der Waals surface area contributed by atoms with Crippen LogP contribution in [0.2, 0.25) is 0 Å². The minimum Gasteiger partial charge on any atom is -0.479 e. The number of ether oxygens (including phenoxy) is 1. The lowest BCUT2D eigenvalue weighted by molar-refractivity contribution is 0.0812. The summed E-state index contributed by atoms with van der Waals surface area (Å²) in [6.45, 7) is 5.43. The standard InChI is InChI=1S/C17H17FO2/c1-11-4-7-14(8-5-11)17(19)13(3)20-16-10-12(2)6-9-15(16)18/h4-10,13H,1-3H3. The van der Waals surface area contributed by atoms with Crippen LogP contribution in [0.15, 0.2) is 42.5 Å². The van der Waals surface area contributed by atoms with Gasteiger partial charge in [-0.2, -0.15) is 0 Å². The zero-order chi connectivity index (χ0) is 14.7. The van der Waals surface area contributed by atoms with Crippen molar-refractivity contribution in [2.24, 2.45) is 0 Å². The second-order valence-electron chi connectivity index (χ2n) is 4.92. The molecule has 0 amide bonds. The van der Waals surface area contributed by atoms with Gasteiger partial charge in [0.1, 0.15) is 0 Å². The fraction of sp³-hybridized carbons (Fsp3) is 0.235. The molecule has 2 nitrogen and oxygen atoms in total. The molecule has 0 aliphatic rings. The molecule has 0 bridgehead atoms. The number of hydrogen-bond acceptors (Lipinski definition) is 2. The van der Waals surface area contributed by atoms with Crippen LogP contribution in [0.4, 0.5) is 4.39 Å². The van der Waals surface area contributed by atoms with Gasteiger partial charge in [0.25, 0.3) is 0 Å². The van der Waals surface area contributed by atoms with E-state index in [2.05, 4.69) is 0 Å². The normalized spacial score (nSPS) is 12.0. The number of Topliss-reactive ketones (excluding diaryl/α,β-unsaturated/α-hetero) is 1. The van der Waals surface area contributed by atoms with Crippen molar-refractivity contribution >= 4 is 5.78 Å². The van der Waals surface area contributed by atoms with Crippen molar-refractivity contribution in [1.82, 2.24) is 0 Å². The van der Waals surface area contributed by atoms with Gasteiger partial charge in [0.05, 0.1) is 0 Å². The van der Waals surface area contributed by atoms with E-state index in [1.165, 1.54) is 6.07 Å². The first-order valence-corrected chi connectivity index (χ1v) is 6.51. The van der Waals surface area contributed by atoms with Gasteiger partial charge >= 0.3 is 0 Å². The maximum absolute atomic E-state index is 13.6. The third-order valence-electron chi connectivity index (χ3n) is 3.10. The van der Waals surface area contributed by atoms with Crippen LogP contribution < -0.4 is 4.74 Å². The number of carbonyl (C=O) groups is 1. The molecule has 0 saturated heterocycles. The van der Waals surface area contributed by atoms with Gasteiger partial charge in [-0.15, -0.1) is 0 Å². The van der Waals surface area contributed by atoms with Crippen molar-refractivity contribution in [3.63, 3.8) is 0 Å². The van der Waals surface area contributed by atoms with Crippen molar-refractivity contribution in [2.45, 2.75) is 26.9 Å². The summed E-state index contributed by atoms with van der Waals surface area (Å²) >= 11 is 0. The molecule has 0 radical (unpaired) electrons. The summed E-state index contributed by atoms with van der Waals surface area (Å²) in [4.78, 5) is 12.2. The molecule has 0 fully saturated rings. The average Bonchev–Trinajstić information content (AvgIpc) is 2.43. The second kappa shape index (κ2) is 5.87. The summed E-state index contributed by atoms with van der Waals surface area (Å²) in [6, 6.07) is 11.8. The van der Waals surface area contributed by atoms with E-state index in [1.54, 1.807) is 31.2 Å². The van der Waals surface area contributed by atoms with Gasteiger partial charge in [-0.25, -0.2) is 4.39 Å². The van der Waals surface area contributed by atoms with E-state index in [9.17, 15) is 9.18 Å². The lowest BCUT2D eigenvalue weighted by atomic mass is 10.1. The van der Waals surface area contributed by atoms with E-state index in [1.807, 2.05) is 26.0 Å². The lowest BCUT2D eigenvalue weighted by Crippen LogP contribution is -2.24. The highest BCUT2D eigenvalue weighted by atomic mass is 19.1. The largest absolute Gasteiger partial charge is 0.479 e. The molecule has 0 saturated carbocycles. The van der Waals surface area contributed by atoms with Crippen molar-refractivity contribution in [3.05, 3.63) is 65.0 Å². The quantitative estimate of drug-likeness (QED) is 0.783. The van der Waals surface area contributed by atoms with E-state index in [-0.39, 0.29) is 11.5 Å². The molecule has 3 heteroatoms. The Labute approximate surface area is 118 Å². The van der Waals surface area contributed by atoms with Gasteiger partial charge in [-0.3, -0.25) is 4.79 Å². The van der Waals surface area contributed by atoms with Crippen LogP contribution >= 0.6 is 0 Å². The van der Waals surface area contributed by atoms with E-state index in [0.717, 1.165) is 11.1 Å². The van der Waals surface area contributed by atoms with Gasteiger partial charge in [0, 0.05) is 5.56 Å². The van der Waals surface area contributed by atoms with Crippen LogP contribution in [0.3, 0.4) is 0 Å². The summed E-state index contributed by atoms with van der Waals surface area (Å²) in [6.07, 6.45) is -0.728. The topological polar surface area (TPSA) is 26.3 Å². The van der Waals surface area contributed by atoms with Crippen LogP contribution in [0.25, 0.3) is 0 Å². The maximum atomic E-state index is 13.6. The van der Waals surface area contributed by atoms with Gasteiger partial charge in [0.15, 0.2) is 17.7 Å². The Kier molecular flexibility index (Phi) is 4.18. The van der Waals surface area contributed by atoms with Crippen molar-refractivity contribution in [3.8, 4) is 5.75 Å². The first kappa shape index (κ1) is 14.3. The third-order valence-corrected chi connectivity index (χ3v) is 3.10. The molecular formula is C17H17FO2. The summed E-state index contributed by atoms with van der Waals surface area (Å²) in [7, 11) is 0. The molecule has 1 unspecified atom stereocenters. The Hall–Kier alpha value is -2.16. The number of hydrogen-bond donors (Lipinski definition) is 0. The molecule has 0 aliphatic carbocycles. The van der Waals surface area contributed by atoms with E-state index in [4.69, 9.17) is 4.74 Å². The SMILES string of the molecule is Cc1ccc(C(=O)C(C)Oc2cc(C)ccc2F)cc1. The average molecular weight is 272 g/mol. The predicted octanol–water partition coefficient (Wildman–Crippen LogP) is 4.09. The molecule has 2 aromatic rings. The van der Waals surface area contributed by atoms with Crippen LogP contribution in [0.5, 0.6) is 5.75 Å². The highest BCUT2D eigenvalue weighted by Gasteiger charge is 2.18. The molecule has 0 N–H and O–H groups in total. The van der Waals surface area contributed by atoms with Gasteiger partial charge in [0.2, 0.25) is 5.78 Å². The number of aryl methyl sites for hydroxylation is 2. The lowest BCUT2D eigenvalue weighted by Gasteiger charge is -2.15. The van der Waals surface area contributed by atoms with E-state index >= 15 is 0 Å². The number of rotatable bonds is 4. The van der Waals surface area contributed by atoms with Crippen LogP contribution in [-0.4, -0.2) is 11.9 Å². The third kappa shape index (κ3) is 3.23.